The van der Waals surface area contributed by atoms with E-state index in [1.165, 1.54) is 0 Å². The molecule has 78 valence electrons. The van der Waals surface area contributed by atoms with Crippen molar-refractivity contribution < 1.29 is 0 Å². The average molecular weight is 211 g/mol. The van der Waals surface area contributed by atoms with Crippen molar-refractivity contribution in [2.45, 2.75) is 31.3 Å². The first kappa shape index (κ1) is 11.5. The molecule has 0 aliphatic rings. The predicted octanol–water partition coefficient (Wildman–Crippen LogP) is 1.82. The number of hydrogen-bond donors (Lipinski definition) is 1. The second-order valence-electron chi connectivity index (χ2n) is 3.46. The summed E-state index contributed by atoms with van der Waals surface area (Å²) in [6.07, 6.45) is 2.82. The molecule has 0 saturated carbocycles. The second-order valence-corrected chi connectivity index (χ2v) is 4.24. The third-order valence-electron chi connectivity index (χ3n) is 1.95. The number of aromatic nitrogens is 2. The molecule has 0 spiro atoms. The average Bonchev–Trinajstić information content (AvgIpc) is 2.17. The van der Waals surface area contributed by atoms with Crippen molar-refractivity contribution in [3.63, 3.8) is 0 Å². The summed E-state index contributed by atoms with van der Waals surface area (Å²) in [6, 6.07) is 2.05. The fourth-order valence-electron chi connectivity index (χ4n) is 1.16. The lowest BCUT2D eigenvalue weighted by molar-refractivity contribution is 0.754. The molecule has 4 heteroatoms. The Bertz CT molecular complexity index is 299. The van der Waals surface area contributed by atoms with Crippen LogP contribution in [0.15, 0.2) is 11.2 Å². The van der Waals surface area contributed by atoms with E-state index in [4.69, 9.17) is 5.73 Å². The molecule has 0 saturated heterocycles. The molecular formula is C10H17N3S. The summed E-state index contributed by atoms with van der Waals surface area (Å²) in [5.74, 6) is 0.445. The Hall–Kier alpha value is -0.610. The molecule has 0 aliphatic carbocycles. The van der Waals surface area contributed by atoms with Gasteiger partial charge < -0.3 is 5.73 Å². The number of nitrogens with two attached hydrogens (primary N) is 1. The Balaban J connectivity index is 3.00. The maximum Gasteiger partial charge on any atom is 0.187 e. The van der Waals surface area contributed by atoms with Gasteiger partial charge in [-0.15, -0.1) is 0 Å². The number of rotatable bonds is 4. The zero-order chi connectivity index (χ0) is 10.6. The third-order valence-corrected chi connectivity index (χ3v) is 2.50. The number of thioether (sulfide) groups is 1. The molecule has 0 aliphatic heterocycles. The molecule has 2 N–H and O–H groups in total. The van der Waals surface area contributed by atoms with Gasteiger partial charge in [0.05, 0.1) is 0 Å². The first-order valence-corrected chi connectivity index (χ1v) is 6.01. The molecule has 1 aromatic rings. The Morgan fingerprint density at radius 1 is 1.43 bits per heavy atom. The molecule has 3 nitrogen and oxygen atoms in total. The lowest BCUT2D eigenvalue weighted by atomic mass is 10.1. The van der Waals surface area contributed by atoms with Crippen LogP contribution in [0, 0.1) is 0 Å². The SMILES string of the molecule is CSc1nc(CCN)cc(C(C)C)n1. The van der Waals surface area contributed by atoms with Gasteiger partial charge in [-0.25, -0.2) is 9.97 Å². The maximum absolute atomic E-state index is 5.51. The van der Waals surface area contributed by atoms with Gasteiger partial charge in [-0.2, -0.15) is 0 Å². The van der Waals surface area contributed by atoms with Crippen LogP contribution in [-0.4, -0.2) is 22.8 Å². The van der Waals surface area contributed by atoms with Crippen LogP contribution in [0.25, 0.3) is 0 Å². The van der Waals surface area contributed by atoms with E-state index in [2.05, 4.69) is 29.9 Å². The molecule has 0 bridgehead atoms. The van der Waals surface area contributed by atoms with Crippen LogP contribution in [0.2, 0.25) is 0 Å². The zero-order valence-electron chi connectivity index (χ0n) is 8.95. The Kier molecular flexibility index (Phi) is 4.35. The number of nitrogens with zero attached hydrogens (tertiary/aromatic N) is 2. The Morgan fingerprint density at radius 2 is 2.14 bits per heavy atom. The fraction of sp³-hybridized carbons (Fsp3) is 0.600. The van der Waals surface area contributed by atoms with Crippen LogP contribution in [0.5, 0.6) is 0 Å². The molecule has 1 rings (SSSR count). The summed E-state index contributed by atoms with van der Waals surface area (Å²) in [5.41, 5.74) is 7.67. The van der Waals surface area contributed by atoms with Crippen molar-refractivity contribution in [2.24, 2.45) is 5.73 Å². The van der Waals surface area contributed by atoms with E-state index in [-0.39, 0.29) is 0 Å². The standard InChI is InChI=1S/C10H17N3S/c1-7(2)9-6-8(4-5-11)12-10(13-9)14-3/h6-7H,4-5,11H2,1-3H3. The minimum absolute atomic E-state index is 0.445. The van der Waals surface area contributed by atoms with E-state index in [1.54, 1.807) is 11.8 Å². The molecular weight excluding hydrogens is 194 g/mol. The van der Waals surface area contributed by atoms with E-state index >= 15 is 0 Å². The van der Waals surface area contributed by atoms with Crippen molar-refractivity contribution in [1.29, 1.82) is 0 Å². The van der Waals surface area contributed by atoms with Gasteiger partial charge in [0.1, 0.15) is 0 Å². The van der Waals surface area contributed by atoms with Crippen molar-refractivity contribution in [3.05, 3.63) is 17.5 Å². The summed E-state index contributed by atoms with van der Waals surface area (Å²) in [4.78, 5) is 8.84. The van der Waals surface area contributed by atoms with Crippen LogP contribution in [0.4, 0.5) is 0 Å². The molecule has 0 aromatic carbocycles. The van der Waals surface area contributed by atoms with Gasteiger partial charge in [0.15, 0.2) is 5.16 Å². The van der Waals surface area contributed by atoms with Gasteiger partial charge in [-0.1, -0.05) is 25.6 Å². The minimum atomic E-state index is 0.445. The highest BCUT2D eigenvalue weighted by molar-refractivity contribution is 7.98. The van der Waals surface area contributed by atoms with Crippen LogP contribution < -0.4 is 5.73 Å². The lowest BCUT2D eigenvalue weighted by Crippen LogP contribution is -2.07. The molecule has 1 heterocycles. The van der Waals surface area contributed by atoms with Gasteiger partial charge in [0.25, 0.3) is 0 Å². The molecule has 0 atom stereocenters. The van der Waals surface area contributed by atoms with Gasteiger partial charge in [0, 0.05) is 17.8 Å². The van der Waals surface area contributed by atoms with E-state index in [9.17, 15) is 0 Å². The van der Waals surface area contributed by atoms with E-state index in [0.717, 1.165) is 23.0 Å². The summed E-state index contributed by atoms with van der Waals surface area (Å²) in [7, 11) is 0. The first-order chi connectivity index (χ1) is 6.67. The van der Waals surface area contributed by atoms with Crippen molar-refractivity contribution >= 4 is 11.8 Å². The Morgan fingerprint density at radius 3 is 2.64 bits per heavy atom. The Labute approximate surface area is 89.5 Å². The van der Waals surface area contributed by atoms with Gasteiger partial charge in [-0.05, 0) is 24.8 Å². The molecule has 0 unspecified atom stereocenters. The number of hydrogen-bond acceptors (Lipinski definition) is 4. The van der Waals surface area contributed by atoms with E-state index in [1.807, 2.05) is 6.26 Å². The van der Waals surface area contributed by atoms with E-state index in [0.29, 0.717) is 12.5 Å². The fourth-order valence-corrected chi connectivity index (χ4v) is 1.56. The van der Waals surface area contributed by atoms with Crippen molar-refractivity contribution in [2.75, 3.05) is 12.8 Å². The first-order valence-electron chi connectivity index (χ1n) is 4.79. The maximum atomic E-state index is 5.51. The van der Waals surface area contributed by atoms with Crippen molar-refractivity contribution in [3.8, 4) is 0 Å². The quantitative estimate of drug-likeness (QED) is 0.609. The molecule has 0 fully saturated rings. The summed E-state index contributed by atoms with van der Waals surface area (Å²) >= 11 is 1.58. The molecule has 1 aromatic heterocycles. The van der Waals surface area contributed by atoms with Crippen LogP contribution in [0.3, 0.4) is 0 Å². The van der Waals surface area contributed by atoms with Crippen LogP contribution >= 0.6 is 11.8 Å². The van der Waals surface area contributed by atoms with Crippen molar-refractivity contribution in [1.82, 2.24) is 9.97 Å². The zero-order valence-corrected chi connectivity index (χ0v) is 9.77. The molecule has 0 amide bonds. The lowest BCUT2D eigenvalue weighted by Gasteiger charge is -2.08. The predicted molar refractivity (Wildman–Crippen MR) is 60.7 cm³/mol. The van der Waals surface area contributed by atoms with Gasteiger partial charge in [0.2, 0.25) is 0 Å². The van der Waals surface area contributed by atoms with Crippen LogP contribution in [-0.2, 0) is 6.42 Å². The topological polar surface area (TPSA) is 51.8 Å². The highest BCUT2D eigenvalue weighted by Crippen LogP contribution is 2.17. The second kappa shape index (κ2) is 5.32. The molecule has 14 heavy (non-hydrogen) atoms. The summed E-state index contributed by atoms with van der Waals surface area (Å²) in [6.45, 7) is 4.92. The monoisotopic (exact) mass is 211 g/mol. The smallest absolute Gasteiger partial charge is 0.187 e. The third kappa shape index (κ3) is 2.96. The largest absolute Gasteiger partial charge is 0.330 e. The molecule has 0 radical (unpaired) electrons. The summed E-state index contributed by atoms with van der Waals surface area (Å²) < 4.78 is 0. The van der Waals surface area contributed by atoms with E-state index < -0.39 is 0 Å². The minimum Gasteiger partial charge on any atom is -0.330 e. The van der Waals surface area contributed by atoms with Gasteiger partial charge >= 0.3 is 0 Å². The summed E-state index contributed by atoms with van der Waals surface area (Å²) in [5, 5.41) is 0.847. The van der Waals surface area contributed by atoms with Crippen LogP contribution in [0.1, 0.15) is 31.2 Å². The highest BCUT2D eigenvalue weighted by Gasteiger charge is 2.06. The highest BCUT2D eigenvalue weighted by atomic mass is 32.2. The van der Waals surface area contributed by atoms with Gasteiger partial charge in [-0.3, -0.25) is 0 Å². The normalized spacial score (nSPS) is 10.9.